The Morgan fingerprint density at radius 1 is 1.33 bits per heavy atom. The van der Waals surface area contributed by atoms with Crippen LogP contribution in [0.15, 0.2) is 30.5 Å². The van der Waals surface area contributed by atoms with Crippen molar-refractivity contribution in [2.45, 2.75) is 18.8 Å². The summed E-state index contributed by atoms with van der Waals surface area (Å²) in [7, 11) is 0. The first-order valence-corrected chi connectivity index (χ1v) is 6.72. The first-order chi connectivity index (χ1) is 8.84. The number of H-pyrrole nitrogens is 1. The van der Waals surface area contributed by atoms with E-state index >= 15 is 0 Å². The van der Waals surface area contributed by atoms with Crippen molar-refractivity contribution < 1.29 is 0 Å². The molecule has 1 aliphatic rings. The zero-order chi connectivity index (χ0) is 12.4. The maximum atomic E-state index is 6.06. The first-order valence-electron chi connectivity index (χ1n) is 6.34. The van der Waals surface area contributed by atoms with Crippen molar-refractivity contribution in [3.05, 3.63) is 41.2 Å². The Morgan fingerprint density at radius 3 is 3.06 bits per heavy atom. The molecule has 94 valence electrons. The fraction of sp³-hybridized carbons (Fsp3) is 0.357. The summed E-state index contributed by atoms with van der Waals surface area (Å²) in [4.78, 5) is 0. The maximum absolute atomic E-state index is 6.06. The van der Waals surface area contributed by atoms with Crippen molar-refractivity contribution in [2.75, 3.05) is 13.1 Å². The number of aromatic amines is 1. The summed E-state index contributed by atoms with van der Waals surface area (Å²) < 4.78 is 0. The Kier molecular flexibility index (Phi) is 3.35. The monoisotopic (exact) mass is 261 g/mol. The fourth-order valence-corrected chi connectivity index (χ4v) is 2.78. The van der Waals surface area contributed by atoms with Crippen LogP contribution < -0.4 is 5.32 Å². The molecule has 1 saturated heterocycles. The predicted molar refractivity (Wildman–Crippen MR) is 73.9 cm³/mol. The Balaban J connectivity index is 1.95. The van der Waals surface area contributed by atoms with Crippen LogP contribution in [0.2, 0.25) is 5.02 Å². The molecule has 2 heterocycles. The molecule has 0 spiro atoms. The molecule has 1 aromatic heterocycles. The Labute approximate surface area is 112 Å². The van der Waals surface area contributed by atoms with Crippen molar-refractivity contribution in [2.24, 2.45) is 0 Å². The molecule has 0 bridgehead atoms. The van der Waals surface area contributed by atoms with E-state index in [4.69, 9.17) is 11.6 Å². The standard InChI is InChI=1S/C14H16ClN3/c15-12-5-1-3-10(7-12)13-9-17-18-14(13)11-4-2-6-16-8-11/h1,3,5,7,9,11,16H,2,4,6,8H2,(H,17,18)/t11-/m0/s1. The van der Waals surface area contributed by atoms with Crippen LogP contribution in [-0.2, 0) is 0 Å². The van der Waals surface area contributed by atoms with Gasteiger partial charge in [-0.15, -0.1) is 0 Å². The zero-order valence-corrected chi connectivity index (χ0v) is 10.9. The summed E-state index contributed by atoms with van der Waals surface area (Å²) in [6.07, 6.45) is 4.33. The average molecular weight is 262 g/mol. The topological polar surface area (TPSA) is 40.7 Å². The average Bonchev–Trinajstić information content (AvgIpc) is 2.89. The molecule has 0 radical (unpaired) electrons. The summed E-state index contributed by atoms with van der Waals surface area (Å²) in [5, 5.41) is 11.6. The van der Waals surface area contributed by atoms with Crippen molar-refractivity contribution in [3.8, 4) is 11.1 Å². The predicted octanol–water partition coefficient (Wildman–Crippen LogP) is 3.20. The van der Waals surface area contributed by atoms with Crippen LogP contribution in [0.1, 0.15) is 24.5 Å². The third-order valence-electron chi connectivity index (χ3n) is 3.51. The normalized spacial score (nSPS) is 19.9. The van der Waals surface area contributed by atoms with E-state index in [0.29, 0.717) is 5.92 Å². The third kappa shape index (κ3) is 2.28. The highest BCUT2D eigenvalue weighted by molar-refractivity contribution is 6.30. The summed E-state index contributed by atoms with van der Waals surface area (Å²) in [5.74, 6) is 0.523. The third-order valence-corrected chi connectivity index (χ3v) is 3.74. The van der Waals surface area contributed by atoms with Gasteiger partial charge in [-0.05, 0) is 37.1 Å². The van der Waals surface area contributed by atoms with Gasteiger partial charge in [0.25, 0.3) is 0 Å². The van der Waals surface area contributed by atoms with Crippen LogP contribution in [0.5, 0.6) is 0 Å². The smallest absolute Gasteiger partial charge is 0.0568 e. The maximum Gasteiger partial charge on any atom is 0.0568 e. The van der Waals surface area contributed by atoms with Crippen molar-refractivity contribution in [1.82, 2.24) is 15.5 Å². The molecule has 2 aromatic rings. The van der Waals surface area contributed by atoms with Gasteiger partial charge in [-0.1, -0.05) is 23.7 Å². The molecule has 3 nitrogen and oxygen atoms in total. The number of benzene rings is 1. The van der Waals surface area contributed by atoms with Gasteiger partial charge < -0.3 is 5.32 Å². The number of hydrogen-bond donors (Lipinski definition) is 2. The molecule has 0 unspecified atom stereocenters. The van der Waals surface area contributed by atoms with E-state index in [1.165, 1.54) is 24.1 Å². The lowest BCUT2D eigenvalue weighted by atomic mass is 9.91. The van der Waals surface area contributed by atoms with E-state index in [-0.39, 0.29) is 0 Å². The SMILES string of the molecule is Clc1cccc(-c2cn[nH]c2[C@H]2CCCNC2)c1. The highest BCUT2D eigenvalue weighted by Gasteiger charge is 2.20. The lowest BCUT2D eigenvalue weighted by Crippen LogP contribution is -2.28. The van der Waals surface area contributed by atoms with Crippen LogP contribution in [0.4, 0.5) is 0 Å². The van der Waals surface area contributed by atoms with E-state index in [0.717, 1.165) is 23.7 Å². The van der Waals surface area contributed by atoms with Crippen LogP contribution >= 0.6 is 11.6 Å². The van der Waals surface area contributed by atoms with E-state index in [9.17, 15) is 0 Å². The summed E-state index contributed by atoms with van der Waals surface area (Å²) in [6.45, 7) is 2.15. The second-order valence-electron chi connectivity index (χ2n) is 4.75. The van der Waals surface area contributed by atoms with E-state index < -0.39 is 0 Å². The van der Waals surface area contributed by atoms with E-state index in [1.54, 1.807) is 0 Å². The highest BCUT2D eigenvalue weighted by atomic mass is 35.5. The van der Waals surface area contributed by atoms with Crippen LogP contribution in [0, 0.1) is 0 Å². The summed E-state index contributed by atoms with van der Waals surface area (Å²) >= 11 is 6.06. The van der Waals surface area contributed by atoms with Crippen molar-refractivity contribution in [1.29, 1.82) is 0 Å². The molecular formula is C14H16ClN3. The van der Waals surface area contributed by atoms with Crippen LogP contribution in [0.25, 0.3) is 11.1 Å². The molecule has 1 fully saturated rings. The Morgan fingerprint density at radius 2 is 2.28 bits per heavy atom. The van der Waals surface area contributed by atoms with Gasteiger partial charge in [0, 0.05) is 28.7 Å². The second kappa shape index (κ2) is 5.12. The molecule has 1 aromatic carbocycles. The first kappa shape index (κ1) is 11.8. The molecule has 18 heavy (non-hydrogen) atoms. The van der Waals surface area contributed by atoms with E-state index in [2.05, 4.69) is 21.6 Å². The minimum Gasteiger partial charge on any atom is -0.316 e. The van der Waals surface area contributed by atoms with Gasteiger partial charge in [-0.25, -0.2) is 0 Å². The minimum atomic E-state index is 0.523. The number of rotatable bonds is 2. The minimum absolute atomic E-state index is 0.523. The molecule has 4 heteroatoms. The van der Waals surface area contributed by atoms with Gasteiger partial charge >= 0.3 is 0 Å². The zero-order valence-electron chi connectivity index (χ0n) is 10.1. The van der Waals surface area contributed by atoms with Gasteiger partial charge in [0.05, 0.1) is 6.20 Å². The van der Waals surface area contributed by atoms with Crippen LogP contribution in [0.3, 0.4) is 0 Å². The van der Waals surface area contributed by atoms with Crippen molar-refractivity contribution in [3.63, 3.8) is 0 Å². The van der Waals surface area contributed by atoms with Gasteiger partial charge in [-0.2, -0.15) is 5.10 Å². The van der Waals surface area contributed by atoms with Gasteiger partial charge in [0.2, 0.25) is 0 Å². The molecule has 2 N–H and O–H groups in total. The lowest BCUT2D eigenvalue weighted by Gasteiger charge is -2.22. The van der Waals surface area contributed by atoms with Crippen LogP contribution in [-0.4, -0.2) is 23.3 Å². The molecule has 1 atom stereocenters. The number of halogens is 1. The van der Waals surface area contributed by atoms with Gasteiger partial charge in [0.15, 0.2) is 0 Å². The highest BCUT2D eigenvalue weighted by Crippen LogP contribution is 2.31. The quantitative estimate of drug-likeness (QED) is 0.872. The molecule has 3 rings (SSSR count). The number of nitrogens with zero attached hydrogens (tertiary/aromatic N) is 1. The molecule has 1 aliphatic heterocycles. The second-order valence-corrected chi connectivity index (χ2v) is 5.19. The number of aromatic nitrogens is 2. The van der Waals surface area contributed by atoms with Gasteiger partial charge in [-0.3, -0.25) is 5.10 Å². The largest absolute Gasteiger partial charge is 0.316 e. The van der Waals surface area contributed by atoms with Gasteiger partial charge in [0.1, 0.15) is 0 Å². The molecule has 0 aliphatic carbocycles. The van der Waals surface area contributed by atoms with Crippen molar-refractivity contribution >= 4 is 11.6 Å². The number of hydrogen-bond acceptors (Lipinski definition) is 2. The summed E-state index contributed by atoms with van der Waals surface area (Å²) in [6, 6.07) is 7.95. The molecule has 0 amide bonds. The molecular weight excluding hydrogens is 246 g/mol. The lowest BCUT2D eigenvalue weighted by molar-refractivity contribution is 0.455. The molecule has 0 saturated carbocycles. The Bertz CT molecular complexity index is 529. The Hall–Kier alpha value is -1.32. The van der Waals surface area contributed by atoms with E-state index in [1.807, 2.05) is 24.4 Å². The summed E-state index contributed by atoms with van der Waals surface area (Å²) in [5.41, 5.74) is 3.53. The number of piperidine rings is 1. The fourth-order valence-electron chi connectivity index (χ4n) is 2.59. The number of nitrogens with one attached hydrogen (secondary N) is 2.